The van der Waals surface area contributed by atoms with E-state index in [0.29, 0.717) is 17.9 Å². The molecular weight excluding hydrogens is 450 g/mol. The number of nitrogens with two attached hydrogens (primary N) is 1. The molecule has 9 heteroatoms. The van der Waals surface area contributed by atoms with Crippen molar-refractivity contribution in [3.8, 4) is 0 Å². The molecule has 0 spiro atoms. The summed E-state index contributed by atoms with van der Waals surface area (Å²) in [6, 6.07) is 9.91. The molecule has 0 unspecified atom stereocenters. The van der Waals surface area contributed by atoms with Gasteiger partial charge in [0.25, 0.3) is 5.91 Å². The van der Waals surface area contributed by atoms with E-state index in [0.717, 1.165) is 45.7 Å². The summed E-state index contributed by atoms with van der Waals surface area (Å²) < 4.78 is 0. The molecule has 8 nitrogen and oxygen atoms in total. The first-order valence-electron chi connectivity index (χ1n) is 12.2. The molecule has 3 heterocycles. The number of likely N-dealkylation sites (tertiary alicyclic amines) is 1. The number of nitrogens with one attached hydrogen (secondary N) is 1. The van der Waals surface area contributed by atoms with Crippen LogP contribution < -0.4 is 16.0 Å². The molecule has 184 valence electrons. The molecular formula is C25H36ClN7O. The van der Waals surface area contributed by atoms with Crippen LogP contribution in [0.3, 0.4) is 0 Å². The second-order valence-electron chi connectivity index (χ2n) is 9.39. The van der Waals surface area contributed by atoms with E-state index in [9.17, 15) is 4.79 Å². The zero-order chi connectivity index (χ0) is 24.2. The minimum absolute atomic E-state index is 0.0688. The van der Waals surface area contributed by atoms with Gasteiger partial charge in [0.05, 0.1) is 0 Å². The summed E-state index contributed by atoms with van der Waals surface area (Å²) in [6.45, 7) is 10.3. The number of nitrogen functional groups attached to an aromatic ring is 1. The molecule has 1 atom stereocenters. The van der Waals surface area contributed by atoms with Crippen LogP contribution in [0.15, 0.2) is 24.3 Å². The van der Waals surface area contributed by atoms with Crippen LogP contribution in [0, 0.1) is 6.92 Å². The number of piperazine rings is 1. The predicted molar refractivity (Wildman–Crippen MR) is 137 cm³/mol. The highest BCUT2D eigenvalue weighted by atomic mass is 35.5. The van der Waals surface area contributed by atoms with Crippen molar-refractivity contribution in [2.75, 3.05) is 50.4 Å². The van der Waals surface area contributed by atoms with Gasteiger partial charge in [-0.3, -0.25) is 14.6 Å². The Morgan fingerprint density at radius 1 is 1.15 bits per heavy atom. The average Bonchev–Trinajstić information content (AvgIpc) is 2.86. The van der Waals surface area contributed by atoms with E-state index in [-0.39, 0.29) is 22.6 Å². The molecule has 1 aromatic heterocycles. The highest BCUT2D eigenvalue weighted by Gasteiger charge is 2.34. The molecule has 0 bridgehead atoms. The maximum absolute atomic E-state index is 12.0. The molecule has 4 rings (SSSR count). The Labute approximate surface area is 207 Å². The second-order valence-corrected chi connectivity index (χ2v) is 9.75. The van der Waals surface area contributed by atoms with E-state index in [1.165, 1.54) is 31.0 Å². The van der Waals surface area contributed by atoms with Crippen LogP contribution in [0.5, 0.6) is 0 Å². The van der Waals surface area contributed by atoms with Crippen molar-refractivity contribution >= 4 is 29.1 Å². The van der Waals surface area contributed by atoms with Crippen molar-refractivity contribution < 1.29 is 4.79 Å². The van der Waals surface area contributed by atoms with Crippen LogP contribution in [-0.2, 0) is 6.54 Å². The summed E-state index contributed by atoms with van der Waals surface area (Å²) in [6.07, 6.45) is 3.43. The third-order valence-electron chi connectivity index (χ3n) is 7.16. The smallest absolute Gasteiger partial charge is 0.273 e. The number of piperidine rings is 1. The molecule has 2 saturated heterocycles. The number of carbonyl (C=O) groups excluding carboxylic acids is 1. The Bertz CT molecular complexity index is 992. The Hall–Kier alpha value is -2.42. The normalized spacial score (nSPS) is 20.5. The van der Waals surface area contributed by atoms with Crippen molar-refractivity contribution in [1.29, 1.82) is 0 Å². The summed E-state index contributed by atoms with van der Waals surface area (Å²) in [5.41, 5.74) is 8.80. The van der Waals surface area contributed by atoms with Gasteiger partial charge in [0.2, 0.25) is 0 Å². The molecule has 1 amide bonds. The molecule has 2 aliphatic rings. The Balaban J connectivity index is 1.36. The predicted octanol–water partition coefficient (Wildman–Crippen LogP) is 2.95. The van der Waals surface area contributed by atoms with Crippen LogP contribution in [0.2, 0.25) is 5.15 Å². The Morgan fingerprint density at radius 2 is 1.85 bits per heavy atom. The second kappa shape index (κ2) is 10.9. The first kappa shape index (κ1) is 24.7. The minimum Gasteiger partial charge on any atom is -0.382 e. The molecule has 34 heavy (non-hydrogen) atoms. The number of hydrogen-bond donors (Lipinski definition) is 2. The highest BCUT2D eigenvalue weighted by molar-refractivity contribution is 6.32. The number of halogens is 1. The maximum Gasteiger partial charge on any atom is 0.273 e. The molecule has 0 aliphatic carbocycles. The number of anilines is 2. The highest BCUT2D eigenvalue weighted by Crippen LogP contribution is 2.30. The molecule has 0 radical (unpaired) electrons. The first-order valence-corrected chi connectivity index (χ1v) is 12.6. The molecule has 2 aliphatic heterocycles. The lowest BCUT2D eigenvalue weighted by Crippen LogP contribution is -2.58. The zero-order valence-electron chi connectivity index (χ0n) is 20.4. The number of aromatic nitrogens is 2. The summed E-state index contributed by atoms with van der Waals surface area (Å²) in [5.74, 6) is 0.288. The molecule has 3 N–H and O–H groups in total. The van der Waals surface area contributed by atoms with Gasteiger partial charge in [0.15, 0.2) is 22.5 Å². The van der Waals surface area contributed by atoms with E-state index < -0.39 is 0 Å². The Morgan fingerprint density at radius 3 is 2.50 bits per heavy atom. The minimum atomic E-state index is -0.386. The SMILES string of the molecule is CC[C@H]1CN(c2nc(N)c(C(=O)NC)nc2Cl)CCN1C1CCN(Cc2ccc(C)cc2)CC1. The van der Waals surface area contributed by atoms with E-state index in [1.54, 1.807) is 0 Å². The van der Waals surface area contributed by atoms with Gasteiger partial charge in [-0.25, -0.2) is 9.97 Å². The van der Waals surface area contributed by atoms with Crippen LogP contribution >= 0.6 is 11.6 Å². The van der Waals surface area contributed by atoms with Gasteiger partial charge in [-0.05, 0) is 44.8 Å². The fourth-order valence-corrected chi connectivity index (χ4v) is 5.42. The van der Waals surface area contributed by atoms with Crippen LogP contribution in [-0.4, -0.2) is 77.5 Å². The number of amides is 1. The van der Waals surface area contributed by atoms with Crippen LogP contribution in [0.25, 0.3) is 0 Å². The lowest BCUT2D eigenvalue weighted by molar-refractivity contribution is 0.0610. The van der Waals surface area contributed by atoms with Crippen molar-refractivity contribution in [3.63, 3.8) is 0 Å². The molecule has 1 aromatic carbocycles. The standard InChI is InChI=1S/C25H36ClN7O/c1-4-19-16-32(24-22(26)29-21(23(27)30-24)25(34)28-3)13-14-33(19)20-9-11-31(12-10-20)15-18-7-5-17(2)6-8-18/h5-8,19-20H,4,9-16H2,1-3H3,(H2,27,30)(H,28,34)/t19-/m0/s1. The third kappa shape index (κ3) is 5.45. The zero-order valence-corrected chi connectivity index (χ0v) is 21.2. The maximum atomic E-state index is 12.0. The monoisotopic (exact) mass is 485 g/mol. The number of carbonyl (C=O) groups is 1. The van der Waals surface area contributed by atoms with Gasteiger partial charge in [0.1, 0.15) is 0 Å². The topological polar surface area (TPSA) is 90.6 Å². The molecule has 0 saturated carbocycles. The number of benzene rings is 1. The van der Waals surface area contributed by atoms with Gasteiger partial charge in [-0.1, -0.05) is 48.4 Å². The van der Waals surface area contributed by atoms with Crippen LogP contribution in [0.4, 0.5) is 11.6 Å². The fourth-order valence-electron chi connectivity index (χ4n) is 5.17. The van der Waals surface area contributed by atoms with Crippen molar-refractivity contribution in [2.45, 2.75) is 51.7 Å². The van der Waals surface area contributed by atoms with Crippen LogP contribution in [0.1, 0.15) is 47.8 Å². The van der Waals surface area contributed by atoms with E-state index in [2.05, 4.69) is 68.1 Å². The Kier molecular flexibility index (Phi) is 7.91. The van der Waals surface area contributed by atoms with Crippen molar-refractivity contribution in [1.82, 2.24) is 25.1 Å². The summed E-state index contributed by atoms with van der Waals surface area (Å²) in [7, 11) is 1.53. The molecule has 2 aromatic rings. The fraction of sp³-hybridized carbons (Fsp3) is 0.560. The third-order valence-corrected chi connectivity index (χ3v) is 7.41. The van der Waals surface area contributed by atoms with Gasteiger partial charge >= 0.3 is 0 Å². The summed E-state index contributed by atoms with van der Waals surface area (Å²) >= 11 is 6.43. The van der Waals surface area contributed by atoms with E-state index in [1.807, 2.05) is 0 Å². The quantitative estimate of drug-likeness (QED) is 0.650. The largest absolute Gasteiger partial charge is 0.382 e. The van der Waals surface area contributed by atoms with E-state index in [4.69, 9.17) is 17.3 Å². The van der Waals surface area contributed by atoms with E-state index >= 15 is 0 Å². The number of aryl methyl sites for hydroxylation is 1. The first-order chi connectivity index (χ1) is 16.4. The lowest BCUT2D eigenvalue weighted by atomic mass is 9.98. The number of nitrogens with zero attached hydrogens (tertiary/aromatic N) is 5. The van der Waals surface area contributed by atoms with Gasteiger partial charge in [0, 0.05) is 45.3 Å². The number of hydrogen-bond acceptors (Lipinski definition) is 7. The van der Waals surface area contributed by atoms with Crippen molar-refractivity contribution in [3.05, 3.63) is 46.2 Å². The van der Waals surface area contributed by atoms with Gasteiger partial charge in [-0.2, -0.15) is 0 Å². The average molecular weight is 486 g/mol. The van der Waals surface area contributed by atoms with Gasteiger partial charge in [-0.15, -0.1) is 0 Å². The summed E-state index contributed by atoms with van der Waals surface area (Å²) in [5, 5.41) is 2.74. The van der Waals surface area contributed by atoms with Gasteiger partial charge < -0.3 is 16.0 Å². The summed E-state index contributed by atoms with van der Waals surface area (Å²) in [4.78, 5) is 28.1. The number of rotatable bonds is 6. The van der Waals surface area contributed by atoms with Crippen molar-refractivity contribution in [2.24, 2.45) is 0 Å². The molecule has 2 fully saturated rings. The lowest BCUT2D eigenvalue weighted by Gasteiger charge is -2.47.